The Kier molecular flexibility index (Phi) is 5.52. The third-order valence-electron chi connectivity index (χ3n) is 6.84. The maximum Gasteiger partial charge on any atom is 0.258 e. The number of anilines is 1. The lowest BCUT2D eigenvalue weighted by Crippen LogP contribution is -2.33. The Morgan fingerprint density at radius 1 is 0.966 bits per heavy atom. The number of benzene rings is 2. The summed E-state index contributed by atoms with van der Waals surface area (Å²) < 4.78 is 0. The van der Waals surface area contributed by atoms with Gasteiger partial charge in [-0.3, -0.25) is 9.69 Å². The normalized spacial score (nSPS) is 21.1. The number of piperidine rings is 1. The Hall–Kier alpha value is -2.13. The summed E-state index contributed by atoms with van der Waals surface area (Å²) in [4.78, 5) is 17.9. The van der Waals surface area contributed by atoms with Gasteiger partial charge in [0.1, 0.15) is 0 Å². The van der Waals surface area contributed by atoms with Crippen LogP contribution in [0.3, 0.4) is 0 Å². The zero-order chi connectivity index (χ0) is 20.6. The van der Waals surface area contributed by atoms with Gasteiger partial charge in [-0.05, 0) is 67.6 Å². The number of likely N-dealkylation sites (tertiary alicyclic amines) is 1. The third-order valence-corrected chi connectivity index (χ3v) is 6.84. The van der Waals surface area contributed by atoms with Crippen LogP contribution < -0.4 is 4.90 Å². The molecule has 2 aliphatic rings. The first-order valence-corrected chi connectivity index (χ1v) is 11.1. The molecule has 0 saturated carbocycles. The zero-order valence-corrected chi connectivity index (χ0v) is 18.3. The summed E-state index contributed by atoms with van der Waals surface area (Å²) in [6.45, 7) is 12.2. The summed E-state index contributed by atoms with van der Waals surface area (Å²) in [7, 11) is 0. The number of rotatable bonds is 3. The zero-order valence-electron chi connectivity index (χ0n) is 18.3. The largest absolute Gasteiger partial charge is 0.307 e. The number of fused-ring (bicyclic) bond motifs is 1. The lowest BCUT2D eigenvalue weighted by atomic mass is 9.78. The molecule has 0 N–H and O–H groups in total. The van der Waals surface area contributed by atoms with Gasteiger partial charge in [-0.2, -0.15) is 0 Å². The minimum atomic E-state index is 0.112. The third kappa shape index (κ3) is 3.98. The fourth-order valence-corrected chi connectivity index (χ4v) is 4.92. The molecular formula is C26H34N2O. The van der Waals surface area contributed by atoms with Gasteiger partial charge in [0.15, 0.2) is 0 Å². The van der Waals surface area contributed by atoms with E-state index in [1.54, 1.807) is 0 Å². The molecule has 2 aliphatic heterocycles. The van der Waals surface area contributed by atoms with Gasteiger partial charge in [0.05, 0.1) is 0 Å². The first kappa shape index (κ1) is 20.2. The van der Waals surface area contributed by atoms with Crippen molar-refractivity contribution in [3.05, 3.63) is 65.2 Å². The predicted molar refractivity (Wildman–Crippen MR) is 121 cm³/mol. The molecule has 3 nitrogen and oxygen atoms in total. The highest BCUT2D eigenvalue weighted by Crippen LogP contribution is 2.46. The molecule has 29 heavy (non-hydrogen) atoms. The number of para-hydroxylation sites is 1. The number of hydrogen-bond acceptors (Lipinski definition) is 2. The lowest BCUT2D eigenvalue weighted by molar-refractivity contribution is 0.0985. The van der Waals surface area contributed by atoms with Crippen molar-refractivity contribution < 1.29 is 4.79 Å². The quantitative estimate of drug-likeness (QED) is 0.639. The van der Waals surface area contributed by atoms with Crippen molar-refractivity contribution in [2.45, 2.75) is 58.9 Å². The van der Waals surface area contributed by atoms with E-state index in [2.05, 4.69) is 62.9 Å². The first-order chi connectivity index (χ1) is 13.9. The molecule has 0 spiro atoms. The second-order valence-electron chi connectivity index (χ2n) is 9.79. The van der Waals surface area contributed by atoms with Crippen LogP contribution in [0.4, 0.5) is 5.69 Å². The molecule has 4 rings (SSSR count). The Bertz CT molecular complexity index is 859. The molecule has 2 aromatic rings. The molecule has 1 saturated heterocycles. The van der Waals surface area contributed by atoms with Crippen LogP contribution in [0.15, 0.2) is 48.5 Å². The van der Waals surface area contributed by atoms with Gasteiger partial charge in [0.2, 0.25) is 0 Å². The van der Waals surface area contributed by atoms with Crippen molar-refractivity contribution >= 4 is 11.6 Å². The summed E-state index contributed by atoms with van der Waals surface area (Å²) in [5.74, 6) is 0.474. The standard InChI is InChI=1S/C26H34N2O/c1-19(27-16-8-5-9-17-27)20-12-14-21(15-13-20)25(29)28-18-23(26(2,3)4)22-10-6-7-11-24(22)28/h6-7,10-15,19,23H,5,8-9,16-18H2,1-4H3. The van der Waals surface area contributed by atoms with Gasteiger partial charge >= 0.3 is 0 Å². The van der Waals surface area contributed by atoms with Gasteiger partial charge in [0, 0.05) is 29.8 Å². The molecule has 2 atom stereocenters. The van der Waals surface area contributed by atoms with Crippen LogP contribution in [-0.4, -0.2) is 30.4 Å². The molecule has 2 heterocycles. The molecule has 0 radical (unpaired) electrons. The number of hydrogen-bond donors (Lipinski definition) is 0. The van der Waals surface area contributed by atoms with Crippen molar-refractivity contribution in [2.75, 3.05) is 24.5 Å². The van der Waals surface area contributed by atoms with E-state index in [0.717, 1.165) is 17.8 Å². The maximum atomic E-state index is 13.4. The number of carbonyl (C=O) groups excluding carboxylic acids is 1. The van der Waals surface area contributed by atoms with E-state index in [0.29, 0.717) is 12.0 Å². The van der Waals surface area contributed by atoms with Crippen molar-refractivity contribution in [2.24, 2.45) is 5.41 Å². The molecule has 0 aromatic heterocycles. The van der Waals surface area contributed by atoms with E-state index >= 15 is 0 Å². The summed E-state index contributed by atoms with van der Waals surface area (Å²) >= 11 is 0. The minimum absolute atomic E-state index is 0.112. The monoisotopic (exact) mass is 390 g/mol. The molecule has 3 heteroatoms. The summed E-state index contributed by atoms with van der Waals surface area (Å²) in [6, 6.07) is 17.1. The van der Waals surface area contributed by atoms with E-state index in [4.69, 9.17) is 0 Å². The average molecular weight is 391 g/mol. The van der Waals surface area contributed by atoms with Gasteiger partial charge in [-0.25, -0.2) is 0 Å². The Morgan fingerprint density at radius 3 is 2.28 bits per heavy atom. The summed E-state index contributed by atoms with van der Waals surface area (Å²) in [5.41, 5.74) is 4.58. The highest BCUT2D eigenvalue weighted by Gasteiger charge is 2.38. The second-order valence-corrected chi connectivity index (χ2v) is 9.79. The molecule has 2 aromatic carbocycles. The topological polar surface area (TPSA) is 23.6 Å². The Balaban J connectivity index is 1.54. The van der Waals surface area contributed by atoms with Crippen LogP contribution in [0.2, 0.25) is 0 Å². The van der Waals surface area contributed by atoms with E-state index in [1.165, 1.54) is 43.5 Å². The molecule has 0 aliphatic carbocycles. The average Bonchev–Trinajstić information content (AvgIpc) is 3.14. The van der Waals surface area contributed by atoms with Gasteiger partial charge < -0.3 is 4.90 Å². The number of nitrogens with zero attached hydrogens (tertiary/aromatic N) is 2. The van der Waals surface area contributed by atoms with Crippen molar-refractivity contribution in [1.82, 2.24) is 4.90 Å². The van der Waals surface area contributed by atoms with Crippen LogP contribution in [0.1, 0.15) is 80.4 Å². The van der Waals surface area contributed by atoms with Gasteiger partial charge in [0.25, 0.3) is 5.91 Å². The molecule has 1 fully saturated rings. The van der Waals surface area contributed by atoms with Crippen LogP contribution in [0.5, 0.6) is 0 Å². The molecule has 0 bridgehead atoms. The van der Waals surface area contributed by atoms with Crippen molar-refractivity contribution in [3.63, 3.8) is 0 Å². The minimum Gasteiger partial charge on any atom is -0.307 e. The molecule has 2 unspecified atom stereocenters. The van der Waals surface area contributed by atoms with E-state index in [-0.39, 0.29) is 11.3 Å². The van der Waals surface area contributed by atoms with Gasteiger partial charge in [-0.15, -0.1) is 0 Å². The number of carbonyl (C=O) groups is 1. The second kappa shape index (κ2) is 7.95. The summed E-state index contributed by atoms with van der Waals surface area (Å²) in [5, 5.41) is 0. The van der Waals surface area contributed by atoms with E-state index in [1.807, 2.05) is 23.1 Å². The molecular weight excluding hydrogens is 356 g/mol. The van der Waals surface area contributed by atoms with Gasteiger partial charge in [-0.1, -0.05) is 57.5 Å². The lowest BCUT2D eigenvalue weighted by Gasteiger charge is -2.32. The van der Waals surface area contributed by atoms with E-state index in [9.17, 15) is 4.79 Å². The van der Waals surface area contributed by atoms with Crippen LogP contribution in [-0.2, 0) is 0 Å². The van der Waals surface area contributed by atoms with Crippen LogP contribution in [0.25, 0.3) is 0 Å². The van der Waals surface area contributed by atoms with Crippen LogP contribution in [0, 0.1) is 5.41 Å². The Morgan fingerprint density at radius 2 is 1.62 bits per heavy atom. The molecule has 1 amide bonds. The highest BCUT2D eigenvalue weighted by atomic mass is 16.2. The van der Waals surface area contributed by atoms with E-state index < -0.39 is 0 Å². The van der Waals surface area contributed by atoms with Crippen molar-refractivity contribution in [3.8, 4) is 0 Å². The molecule has 154 valence electrons. The fourth-order valence-electron chi connectivity index (χ4n) is 4.92. The predicted octanol–water partition coefficient (Wildman–Crippen LogP) is 6.02. The SMILES string of the molecule is CC(c1ccc(C(=O)N2CC(C(C)(C)C)c3ccccc32)cc1)N1CCCCC1. The smallest absolute Gasteiger partial charge is 0.258 e. The summed E-state index contributed by atoms with van der Waals surface area (Å²) in [6.07, 6.45) is 3.94. The fraction of sp³-hybridized carbons (Fsp3) is 0.500. The highest BCUT2D eigenvalue weighted by molar-refractivity contribution is 6.07. The van der Waals surface area contributed by atoms with Crippen LogP contribution >= 0.6 is 0 Å². The maximum absolute atomic E-state index is 13.4. The van der Waals surface area contributed by atoms with Crippen molar-refractivity contribution in [1.29, 1.82) is 0 Å². The first-order valence-electron chi connectivity index (χ1n) is 11.1. The Labute approximate surface area is 175 Å². The number of amides is 1.